The molecule has 78 valence electrons. The van der Waals surface area contributed by atoms with E-state index in [9.17, 15) is 0 Å². The minimum atomic E-state index is 0.722. The van der Waals surface area contributed by atoms with Crippen LogP contribution in [0.1, 0.15) is 11.3 Å². The lowest BCUT2D eigenvalue weighted by Gasteiger charge is -2.05. The fraction of sp³-hybridized carbons (Fsp3) is 0.182. The average molecular weight is 283 g/mol. The first-order valence-electron chi connectivity index (χ1n) is 4.62. The molecule has 1 heterocycles. The Kier molecular flexibility index (Phi) is 3.17. The minimum Gasteiger partial charge on any atom is -0.238 e. The van der Waals surface area contributed by atoms with Crippen LogP contribution < -0.4 is 0 Å². The highest BCUT2D eigenvalue weighted by Crippen LogP contribution is 2.18. The van der Waals surface area contributed by atoms with Gasteiger partial charge in [0.05, 0.1) is 11.9 Å². The van der Waals surface area contributed by atoms with Gasteiger partial charge in [-0.2, -0.15) is 17.7 Å². The van der Waals surface area contributed by atoms with Crippen LogP contribution in [0.25, 0.3) is 5.69 Å². The summed E-state index contributed by atoms with van der Waals surface area (Å²) in [6.45, 7) is 2.06. The molecule has 0 spiro atoms. The van der Waals surface area contributed by atoms with Crippen molar-refractivity contribution in [1.29, 1.82) is 0 Å². The zero-order valence-electron chi connectivity index (χ0n) is 8.31. The Balaban J connectivity index is 2.49. The fourth-order valence-electron chi connectivity index (χ4n) is 1.47. The molecule has 0 aliphatic carbocycles. The highest BCUT2D eigenvalue weighted by atomic mass is 79.9. The summed E-state index contributed by atoms with van der Waals surface area (Å²) in [7, 11) is 0. The van der Waals surface area contributed by atoms with E-state index in [1.807, 2.05) is 35.1 Å². The number of benzene rings is 1. The second-order valence-corrected chi connectivity index (χ2v) is 4.54. The van der Waals surface area contributed by atoms with Crippen LogP contribution in [0.15, 0.2) is 34.9 Å². The fourth-order valence-corrected chi connectivity index (χ4v) is 2.16. The molecule has 0 amide bonds. The molecule has 1 aromatic carbocycles. The summed E-state index contributed by atoms with van der Waals surface area (Å²) in [5, 5.41) is 4.34. The zero-order valence-corrected chi connectivity index (χ0v) is 10.8. The van der Waals surface area contributed by atoms with Crippen molar-refractivity contribution in [2.45, 2.75) is 12.7 Å². The molecule has 0 radical (unpaired) electrons. The molecule has 15 heavy (non-hydrogen) atoms. The molecule has 0 aliphatic rings. The smallest absolute Gasteiger partial charge is 0.0660 e. The molecular weight excluding hydrogens is 272 g/mol. The van der Waals surface area contributed by atoms with Crippen molar-refractivity contribution in [3.63, 3.8) is 0 Å². The molecule has 0 saturated carbocycles. The molecule has 0 unspecified atom stereocenters. The van der Waals surface area contributed by atoms with Gasteiger partial charge in [-0.25, -0.2) is 4.68 Å². The maximum absolute atomic E-state index is 4.34. The van der Waals surface area contributed by atoms with Gasteiger partial charge in [0.25, 0.3) is 0 Å². The first-order valence-corrected chi connectivity index (χ1v) is 6.05. The molecule has 0 saturated heterocycles. The molecule has 2 rings (SSSR count). The highest BCUT2D eigenvalue weighted by molar-refractivity contribution is 9.10. The third kappa shape index (κ3) is 2.11. The van der Waals surface area contributed by atoms with Gasteiger partial charge in [0, 0.05) is 21.5 Å². The van der Waals surface area contributed by atoms with Gasteiger partial charge in [0.15, 0.2) is 0 Å². The number of rotatable bonds is 2. The summed E-state index contributed by atoms with van der Waals surface area (Å²) < 4.78 is 2.98. The molecule has 0 N–H and O–H groups in total. The molecule has 0 bridgehead atoms. The minimum absolute atomic E-state index is 0.722. The van der Waals surface area contributed by atoms with E-state index >= 15 is 0 Å². The lowest BCUT2D eigenvalue weighted by atomic mass is 10.3. The Morgan fingerprint density at radius 2 is 2.27 bits per heavy atom. The van der Waals surface area contributed by atoms with E-state index in [1.54, 1.807) is 0 Å². The number of thiol groups is 1. The predicted molar refractivity (Wildman–Crippen MR) is 68.7 cm³/mol. The Bertz CT molecular complexity index is 479. The summed E-state index contributed by atoms with van der Waals surface area (Å²) in [5.41, 5.74) is 3.37. The van der Waals surface area contributed by atoms with Gasteiger partial charge in [-0.15, -0.1) is 0 Å². The van der Waals surface area contributed by atoms with E-state index < -0.39 is 0 Å². The van der Waals surface area contributed by atoms with Crippen molar-refractivity contribution < 1.29 is 0 Å². The van der Waals surface area contributed by atoms with Crippen LogP contribution in [0.4, 0.5) is 0 Å². The van der Waals surface area contributed by atoms with Crippen LogP contribution >= 0.6 is 28.6 Å². The van der Waals surface area contributed by atoms with Crippen LogP contribution in [-0.2, 0) is 5.75 Å². The van der Waals surface area contributed by atoms with Crippen molar-refractivity contribution in [1.82, 2.24) is 9.78 Å². The van der Waals surface area contributed by atoms with Crippen molar-refractivity contribution in [3.8, 4) is 5.69 Å². The molecule has 0 atom stereocenters. The van der Waals surface area contributed by atoms with Gasteiger partial charge in [-0.05, 0) is 25.1 Å². The number of hydrogen-bond acceptors (Lipinski definition) is 2. The van der Waals surface area contributed by atoms with Crippen molar-refractivity contribution in [2.75, 3.05) is 0 Å². The van der Waals surface area contributed by atoms with E-state index in [2.05, 4.69) is 40.6 Å². The molecule has 2 nitrogen and oxygen atoms in total. The third-order valence-corrected chi connectivity index (χ3v) is 3.17. The second kappa shape index (κ2) is 4.41. The quantitative estimate of drug-likeness (QED) is 0.837. The van der Waals surface area contributed by atoms with Crippen LogP contribution in [0.3, 0.4) is 0 Å². The molecule has 0 aliphatic heterocycles. The van der Waals surface area contributed by atoms with Crippen LogP contribution in [-0.4, -0.2) is 9.78 Å². The summed E-state index contributed by atoms with van der Waals surface area (Å²) in [4.78, 5) is 0. The summed E-state index contributed by atoms with van der Waals surface area (Å²) in [6.07, 6.45) is 1.86. The first kappa shape index (κ1) is 10.8. The van der Waals surface area contributed by atoms with Gasteiger partial charge in [0.1, 0.15) is 0 Å². The predicted octanol–water partition coefficient (Wildman–Crippen LogP) is 3.37. The maximum atomic E-state index is 4.34. The Morgan fingerprint density at radius 3 is 2.87 bits per heavy atom. The Hall–Kier alpha value is -0.740. The van der Waals surface area contributed by atoms with Crippen molar-refractivity contribution >= 4 is 28.6 Å². The second-order valence-electron chi connectivity index (χ2n) is 3.31. The first-order chi connectivity index (χ1) is 7.22. The van der Waals surface area contributed by atoms with E-state index in [0.29, 0.717) is 0 Å². The Labute approximate surface area is 103 Å². The number of aromatic nitrogens is 2. The van der Waals surface area contributed by atoms with Crippen molar-refractivity contribution in [2.24, 2.45) is 0 Å². The maximum Gasteiger partial charge on any atom is 0.0660 e. The lowest BCUT2D eigenvalue weighted by Crippen LogP contribution is -1.98. The van der Waals surface area contributed by atoms with Crippen LogP contribution in [0, 0.1) is 6.92 Å². The van der Waals surface area contributed by atoms with Crippen LogP contribution in [0.2, 0.25) is 0 Å². The summed E-state index contributed by atoms with van der Waals surface area (Å²) in [5.74, 6) is 0.722. The monoisotopic (exact) mass is 282 g/mol. The number of hydrogen-bond donors (Lipinski definition) is 1. The number of halogens is 1. The van der Waals surface area contributed by atoms with Gasteiger partial charge in [-0.3, -0.25) is 0 Å². The molecule has 4 heteroatoms. The summed E-state index contributed by atoms with van der Waals surface area (Å²) in [6, 6.07) is 8.08. The van der Waals surface area contributed by atoms with E-state index in [4.69, 9.17) is 0 Å². The SMILES string of the molecule is Cc1c(CS)cnn1-c1cccc(Br)c1. The molecule has 0 fully saturated rings. The molecule has 2 aromatic rings. The Morgan fingerprint density at radius 1 is 1.47 bits per heavy atom. The van der Waals surface area contributed by atoms with E-state index in [1.165, 1.54) is 5.56 Å². The van der Waals surface area contributed by atoms with Gasteiger partial charge in [-0.1, -0.05) is 22.0 Å². The molecular formula is C11H11BrN2S. The van der Waals surface area contributed by atoms with Crippen molar-refractivity contribution in [3.05, 3.63) is 46.2 Å². The standard InChI is InChI=1S/C11H11BrN2S/c1-8-9(7-15)6-13-14(8)11-4-2-3-10(12)5-11/h2-6,15H,7H2,1H3. The largest absolute Gasteiger partial charge is 0.238 e. The average Bonchev–Trinajstić information content (AvgIpc) is 2.59. The topological polar surface area (TPSA) is 17.8 Å². The zero-order chi connectivity index (χ0) is 10.8. The normalized spacial score (nSPS) is 10.6. The van der Waals surface area contributed by atoms with E-state index in [-0.39, 0.29) is 0 Å². The van der Waals surface area contributed by atoms with E-state index in [0.717, 1.165) is 21.6 Å². The van der Waals surface area contributed by atoms with Gasteiger partial charge >= 0.3 is 0 Å². The number of nitrogens with zero attached hydrogens (tertiary/aromatic N) is 2. The third-order valence-electron chi connectivity index (χ3n) is 2.33. The lowest BCUT2D eigenvalue weighted by molar-refractivity contribution is 0.845. The highest BCUT2D eigenvalue weighted by Gasteiger charge is 2.06. The van der Waals surface area contributed by atoms with Gasteiger partial charge < -0.3 is 0 Å². The van der Waals surface area contributed by atoms with Crippen LogP contribution in [0.5, 0.6) is 0 Å². The summed E-state index contributed by atoms with van der Waals surface area (Å²) >= 11 is 7.71. The van der Waals surface area contributed by atoms with Gasteiger partial charge in [0.2, 0.25) is 0 Å². The molecule has 1 aromatic heterocycles.